The van der Waals surface area contributed by atoms with E-state index in [1.807, 2.05) is 0 Å². The Kier molecular flexibility index (Phi) is 8.41. The minimum absolute atomic E-state index is 0.250. The highest BCUT2D eigenvalue weighted by atomic mass is 16.2. The molecule has 0 saturated carbocycles. The van der Waals surface area contributed by atoms with Gasteiger partial charge in [0.05, 0.1) is 5.54 Å². The monoisotopic (exact) mass is 293 g/mol. The van der Waals surface area contributed by atoms with Crippen LogP contribution in [0, 0.1) is 0 Å². The summed E-state index contributed by atoms with van der Waals surface area (Å²) in [4.78, 5) is 35.2. The predicted molar refractivity (Wildman–Crippen MR) is 76.0 cm³/mol. The minimum atomic E-state index is 0.250. The third-order valence-corrected chi connectivity index (χ3v) is 4.31. The summed E-state index contributed by atoms with van der Waals surface area (Å²) in [7, 11) is 0. The van der Waals surface area contributed by atoms with Crippen LogP contribution >= 0.6 is 0 Å². The number of hydrogen-bond acceptors (Lipinski definition) is 5. The summed E-state index contributed by atoms with van der Waals surface area (Å²) in [6.45, 7) is 11.6. The molecular formula is C16H23NO4. The highest BCUT2D eigenvalue weighted by Gasteiger charge is 2.44. The van der Waals surface area contributed by atoms with Crippen molar-refractivity contribution in [2.75, 3.05) is 13.1 Å². The van der Waals surface area contributed by atoms with Gasteiger partial charge in [-0.25, -0.2) is 0 Å². The van der Waals surface area contributed by atoms with Crippen LogP contribution in [-0.2, 0) is 19.2 Å². The second kappa shape index (κ2) is 9.19. The van der Waals surface area contributed by atoms with E-state index in [1.165, 1.54) is 37.9 Å². The molecule has 5 nitrogen and oxygen atoms in total. The quantitative estimate of drug-likeness (QED) is 0.731. The Morgan fingerprint density at radius 1 is 1.24 bits per heavy atom. The van der Waals surface area contributed by atoms with Gasteiger partial charge in [0.25, 0.3) is 0 Å². The first kappa shape index (κ1) is 19.2. The van der Waals surface area contributed by atoms with Gasteiger partial charge in [0, 0.05) is 6.54 Å². The molecule has 0 spiro atoms. The highest BCUT2D eigenvalue weighted by Crippen LogP contribution is 2.44. The molecule has 0 radical (unpaired) electrons. The van der Waals surface area contributed by atoms with E-state index in [9.17, 15) is 0 Å². The van der Waals surface area contributed by atoms with Crippen molar-refractivity contribution in [2.45, 2.75) is 52.5 Å². The normalized spacial score (nSPS) is 24.1. The molecule has 116 valence electrons. The predicted octanol–water partition coefficient (Wildman–Crippen LogP) is 2.36. The lowest BCUT2D eigenvalue weighted by atomic mass is 9.86. The second-order valence-electron chi connectivity index (χ2n) is 5.37. The molecule has 1 unspecified atom stereocenters. The first-order valence-electron chi connectivity index (χ1n) is 7.02. The minimum Gasteiger partial charge on any atom is -0.287 e. The van der Waals surface area contributed by atoms with Crippen LogP contribution in [0.5, 0.6) is 0 Å². The zero-order chi connectivity index (χ0) is 16.5. The molecule has 0 bridgehead atoms. The second-order valence-corrected chi connectivity index (χ2v) is 5.37. The lowest BCUT2D eigenvalue weighted by Crippen LogP contribution is -2.38. The van der Waals surface area contributed by atoms with E-state index in [0.29, 0.717) is 5.54 Å². The summed E-state index contributed by atoms with van der Waals surface area (Å²) in [5, 5.41) is 0. The topological polar surface area (TPSA) is 71.5 Å². The summed E-state index contributed by atoms with van der Waals surface area (Å²) < 4.78 is 0. The van der Waals surface area contributed by atoms with E-state index in [0.717, 1.165) is 0 Å². The number of rotatable bonds is 2. The van der Waals surface area contributed by atoms with Crippen LogP contribution in [0.15, 0.2) is 22.8 Å². The van der Waals surface area contributed by atoms with Crippen molar-refractivity contribution >= 4 is 12.3 Å². The molecule has 0 N–H and O–H groups in total. The number of allylic oxidation sites excluding steroid dienone is 1. The maximum Gasteiger partial charge on any atom is 0.373 e. The SMILES string of the molecule is CC/C(C)=C/C12CCCN1CC(C)=C2C.O=C=O.O=C=O. The van der Waals surface area contributed by atoms with E-state index in [-0.39, 0.29) is 12.3 Å². The number of fused-ring (bicyclic) bond motifs is 1. The molecule has 0 aromatic heterocycles. The van der Waals surface area contributed by atoms with Crippen LogP contribution < -0.4 is 0 Å². The van der Waals surface area contributed by atoms with Gasteiger partial charge in [0.1, 0.15) is 0 Å². The van der Waals surface area contributed by atoms with Gasteiger partial charge in [-0.15, -0.1) is 0 Å². The van der Waals surface area contributed by atoms with Gasteiger partial charge >= 0.3 is 12.3 Å². The van der Waals surface area contributed by atoms with Crippen LogP contribution in [0.4, 0.5) is 0 Å². The van der Waals surface area contributed by atoms with Gasteiger partial charge in [0.15, 0.2) is 0 Å². The lowest BCUT2D eigenvalue weighted by Gasteiger charge is -2.32. The zero-order valence-corrected chi connectivity index (χ0v) is 13.2. The molecule has 21 heavy (non-hydrogen) atoms. The van der Waals surface area contributed by atoms with Crippen LogP contribution in [0.2, 0.25) is 0 Å². The fraction of sp³-hybridized carbons (Fsp3) is 0.625. The maximum absolute atomic E-state index is 8.12. The molecule has 0 aromatic carbocycles. The van der Waals surface area contributed by atoms with Gasteiger partial charge in [0.2, 0.25) is 0 Å². The summed E-state index contributed by atoms with van der Waals surface area (Å²) in [6.07, 6.45) is 6.90. The Morgan fingerprint density at radius 2 is 1.76 bits per heavy atom. The van der Waals surface area contributed by atoms with Crippen molar-refractivity contribution in [3.8, 4) is 0 Å². The molecule has 2 aliphatic heterocycles. The lowest BCUT2D eigenvalue weighted by molar-refractivity contribution is -0.193. The van der Waals surface area contributed by atoms with Crippen LogP contribution in [-0.4, -0.2) is 35.8 Å². The average molecular weight is 293 g/mol. The fourth-order valence-corrected chi connectivity index (χ4v) is 3.10. The molecule has 2 rings (SSSR count). The molecule has 0 aromatic rings. The third-order valence-electron chi connectivity index (χ3n) is 4.31. The molecular weight excluding hydrogens is 270 g/mol. The van der Waals surface area contributed by atoms with Crippen LogP contribution in [0.25, 0.3) is 0 Å². The van der Waals surface area contributed by atoms with E-state index in [1.54, 1.807) is 11.1 Å². The average Bonchev–Trinajstić information content (AvgIpc) is 2.91. The third kappa shape index (κ3) is 4.61. The molecule has 0 aliphatic carbocycles. The summed E-state index contributed by atoms with van der Waals surface area (Å²) >= 11 is 0. The fourth-order valence-electron chi connectivity index (χ4n) is 3.10. The van der Waals surface area contributed by atoms with E-state index in [2.05, 4.69) is 38.7 Å². The van der Waals surface area contributed by atoms with Crippen molar-refractivity contribution in [3.05, 3.63) is 22.8 Å². The Labute approximate surface area is 125 Å². The van der Waals surface area contributed by atoms with Crippen molar-refractivity contribution in [2.24, 2.45) is 0 Å². The van der Waals surface area contributed by atoms with Gasteiger partial charge in [-0.3, -0.25) is 4.90 Å². The van der Waals surface area contributed by atoms with Crippen LogP contribution in [0.1, 0.15) is 47.0 Å². The summed E-state index contributed by atoms with van der Waals surface area (Å²) in [5.41, 5.74) is 5.06. The van der Waals surface area contributed by atoms with Crippen molar-refractivity contribution < 1.29 is 19.2 Å². The summed E-state index contributed by atoms with van der Waals surface area (Å²) in [5.74, 6) is 0. The number of nitrogens with zero attached hydrogens (tertiary/aromatic N) is 1. The molecule has 2 aliphatic rings. The van der Waals surface area contributed by atoms with Gasteiger partial charge in [-0.1, -0.05) is 24.1 Å². The van der Waals surface area contributed by atoms with E-state index < -0.39 is 0 Å². The van der Waals surface area contributed by atoms with E-state index in [4.69, 9.17) is 19.2 Å². The van der Waals surface area contributed by atoms with Crippen LogP contribution in [0.3, 0.4) is 0 Å². The standard InChI is InChI=1S/C14H23N.2CO2/c1-5-11(2)9-14-7-6-8-15(14)10-12(3)13(14)4;2*2-1-3/h9H,5-8,10H2,1-4H3;;/b11-9+;;. The Bertz CT molecular complexity index is 469. The van der Waals surface area contributed by atoms with Gasteiger partial charge in [-0.05, 0) is 52.2 Å². The highest BCUT2D eigenvalue weighted by molar-refractivity contribution is 5.39. The maximum atomic E-state index is 8.12. The van der Waals surface area contributed by atoms with E-state index >= 15 is 0 Å². The molecule has 2 heterocycles. The Morgan fingerprint density at radius 3 is 2.24 bits per heavy atom. The van der Waals surface area contributed by atoms with Gasteiger partial charge in [-0.2, -0.15) is 19.2 Å². The molecule has 1 saturated heterocycles. The van der Waals surface area contributed by atoms with Crippen molar-refractivity contribution in [1.29, 1.82) is 0 Å². The molecule has 0 amide bonds. The molecule has 1 atom stereocenters. The first-order chi connectivity index (χ1) is 9.93. The van der Waals surface area contributed by atoms with Crippen molar-refractivity contribution in [3.63, 3.8) is 0 Å². The molecule has 5 heteroatoms. The Hall–Kier alpha value is -1.80. The largest absolute Gasteiger partial charge is 0.373 e. The van der Waals surface area contributed by atoms with Crippen molar-refractivity contribution in [1.82, 2.24) is 4.90 Å². The smallest absolute Gasteiger partial charge is 0.287 e. The molecule has 1 fully saturated rings. The first-order valence-corrected chi connectivity index (χ1v) is 7.02. The van der Waals surface area contributed by atoms with Gasteiger partial charge < -0.3 is 0 Å². The number of carbonyl (C=O) groups excluding carboxylic acids is 4. The summed E-state index contributed by atoms with van der Waals surface area (Å²) in [6, 6.07) is 0. The Balaban J connectivity index is 0.000000578. The zero-order valence-electron chi connectivity index (χ0n) is 13.2. The number of hydrogen-bond donors (Lipinski definition) is 0.